The van der Waals surface area contributed by atoms with Gasteiger partial charge >= 0.3 is 0 Å². The van der Waals surface area contributed by atoms with E-state index in [1.165, 1.54) is 6.42 Å². The van der Waals surface area contributed by atoms with Crippen molar-refractivity contribution in [3.05, 3.63) is 24.3 Å². The van der Waals surface area contributed by atoms with Crippen LogP contribution < -0.4 is 15.4 Å². The number of carbonyl (C=O) groups excluding carboxylic acids is 1. The Balaban J connectivity index is 1.45. The molecule has 0 aromatic heterocycles. The minimum absolute atomic E-state index is 0.00851. The number of ether oxygens (including phenoxy) is 1. The molecule has 0 aliphatic heterocycles. The van der Waals surface area contributed by atoms with Crippen LogP contribution in [-0.2, 0) is 4.79 Å². The molecule has 2 bridgehead atoms. The topological polar surface area (TPSA) is 70.6 Å². The summed E-state index contributed by atoms with van der Waals surface area (Å²) in [6.45, 7) is 4.44. The molecule has 1 aromatic rings. The maximum Gasteiger partial charge on any atom is 0.245 e. The molecule has 0 radical (unpaired) electrons. The van der Waals surface area contributed by atoms with E-state index in [1.54, 1.807) is 7.11 Å². The second-order valence-corrected chi connectivity index (χ2v) is 8.66. The van der Waals surface area contributed by atoms with Crippen molar-refractivity contribution in [2.75, 3.05) is 19.0 Å². The number of hydrogen-bond donors (Lipinski definition) is 3. The number of carbonyl (C=O) groups is 1. The standard InChI is InChI=1S/C21H32N2O3/c1-20(2,23-17-4-6-18(26-3)7-5-17)19(24)22-11-9-16-12-15-8-10-21(25,13-15)14-16/h4-7,15-16,23,25H,8-14H2,1-3H3,(H,22,24)/t15-,16?,21-/m0/s1. The molecule has 5 heteroatoms. The van der Waals surface area contributed by atoms with Crippen molar-refractivity contribution in [3.8, 4) is 5.75 Å². The summed E-state index contributed by atoms with van der Waals surface area (Å²) in [6.07, 6.45) is 6.15. The first-order valence-electron chi connectivity index (χ1n) is 9.73. The predicted molar refractivity (Wildman–Crippen MR) is 103 cm³/mol. The number of methoxy groups -OCH3 is 1. The molecule has 1 amide bonds. The average molecular weight is 360 g/mol. The molecule has 144 valence electrons. The fourth-order valence-electron chi connectivity index (χ4n) is 4.62. The number of amides is 1. The highest BCUT2D eigenvalue weighted by atomic mass is 16.5. The monoisotopic (exact) mass is 360 g/mol. The summed E-state index contributed by atoms with van der Waals surface area (Å²) in [6, 6.07) is 7.57. The van der Waals surface area contributed by atoms with E-state index >= 15 is 0 Å². The SMILES string of the molecule is COc1ccc(NC(C)(C)C(=O)NCCC2C[C@@H]3CC[C@@](O)(C2)C3)cc1. The van der Waals surface area contributed by atoms with Gasteiger partial charge in [-0.1, -0.05) is 0 Å². The Morgan fingerprint density at radius 2 is 2.04 bits per heavy atom. The zero-order valence-electron chi connectivity index (χ0n) is 16.2. The second-order valence-electron chi connectivity index (χ2n) is 8.66. The second kappa shape index (κ2) is 7.47. The van der Waals surface area contributed by atoms with E-state index in [1.807, 2.05) is 38.1 Å². The molecule has 1 aromatic carbocycles. The van der Waals surface area contributed by atoms with Crippen LogP contribution in [0, 0.1) is 11.8 Å². The van der Waals surface area contributed by atoms with Crippen LogP contribution >= 0.6 is 0 Å². The van der Waals surface area contributed by atoms with Crippen molar-refractivity contribution in [2.45, 2.75) is 63.5 Å². The van der Waals surface area contributed by atoms with Crippen LogP contribution in [0.1, 0.15) is 52.4 Å². The Morgan fingerprint density at radius 1 is 1.31 bits per heavy atom. The summed E-state index contributed by atoms with van der Waals surface area (Å²) in [5.41, 5.74) is -0.234. The molecule has 3 N–H and O–H groups in total. The highest BCUT2D eigenvalue weighted by Gasteiger charge is 2.43. The maximum atomic E-state index is 12.6. The highest BCUT2D eigenvalue weighted by Crippen LogP contribution is 2.48. The Labute approximate surface area is 156 Å². The minimum Gasteiger partial charge on any atom is -0.497 e. The third kappa shape index (κ3) is 4.50. The van der Waals surface area contributed by atoms with E-state index in [-0.39, 0.29) is 5.91 Å². The number of nitrogens with one attached hydrogen (secondary N) is 2. The molecular formula is C21H32N2O3. The van der Waals surface area contributed by atoms with E-state index in [9.17, 15) is 9.90 Å². The van der Waals surface area contributed by atoms with Gasteiger partial charge in [-0.3, -0.25) is 4.79 Å². The number of aliphatic hydroxyl groups is 1. The molecular weight excluding hydrogens is 328 g/mol. The lowest BCUT2D eigenvalue weighted by atomic mass is 9.77. The van der Waals surface area contributed by atoms with Crippen molar-refractivity contribution in [1.29, 1.82) is 0 Å². The number of benzene rings is 1. The molecule has 0 heterocycles. The molecule has 1 unspecified atom stereocenters. The molecule has 26 heavy (non-hydrogen) atoms. The quantitative estimate of drug-likeness (QED) is 0.697. The average Bonchev–Trinajstić information content (AvgIpc) is 2.87. The number of rotatable bonds is 7. The predicted octanol–water partition coefficient (Wildman–Crippen LogP) is 3.33. The van der Waals surface area contributed by atoms with Gasteiger partial charge in [-0.15, -0.1) is 0 Å². The van der Waals surface area contributed by atoms with Crippen molar-refractivity contribution < 1.29 is 14.6 Å². The van der Waals surface area contributed by atoms with Crippen molar-refractivity contribution in [2.24, 2.45) is 11.8 Å². The van der Waals surface area contributed by atoms with E-state index in [0.29, 0.717) is 18.4 Å². The molecule has 2 saturated carbocycles. The summed E-state index contributed by atoms with van der Waals surface area (Å²) < 4.78 is 5.16. The molecule has 2 fully saturated rings. The van der Waals surface area contributed by atoms with E-state index < -0.39 is 11.1 Å². The van der Waals surface area contributed by atoms with Crippen LogP contribution in [0.15, 0.2) is 24.3 Å². The molecule has 5 nitrogen and oxygen atoms in total. The lowest BCUT2D eigenvalue weighted by Crippen LogP contribution is -2.48. The summed E-state index contributed by atoms with van der Waals surface area (Å²) >= 11 is 0. The Hall–Kier alpha value is -1.75. The Morgan fingerprint density at radius 3 is 2.69 bits per heavy atom. The summed E-state index contributed by atoms with van der Waals surface area (Å²) in [5, 5.41) is 16.9. The van der Waals surface area contributed by atoms with Gasteiger partial charge < -0.3 is 20.5 Å². The Kier molecular flexibility index (Phi) is 5.47. The van der Waals surface area contributed by atoms with Crippen LogP contribution in [0.3, 0.4) is 0 Å². The normalized spacial score (nSPS) is 27.8. The van der Waals surface area contributed by atoms with E-state index in [4.69, 9.17) is 4.74 Å². The molecule has 0 saturated heterocycles. The Bertz CT molecular complexity index is 629. The van der Waals surface area contributed by atoms with Crippen molar-refractivity contribution in [1.82, 2.24) is 5.32 Å². The van der Waals surface area contributed by atoms with Crippen molar-refractivity contribution >= 4 is 11.6 Å². The van der Waals surface area contributed by atoms with Gasteiger partial charge in [0, 0.05) is 12.2 Å². The lowest BCUT2D eigenvalue weighted by molar-refractivity contribution is -0.124. The fraction of sp³-hybridized carbons (Fsp3) is 0.667. The zero-order valence-corrected chi connectivity index (χ0v) is 16.2. The van der Waals surface area contributed by atoms with Gasteiger partial charge in [-0.2, -0.15) is 0 Å². The third-order valence-corrected chi connectivity index (χ3v) is 5.97. The zero-order chi connectivity index (χ0) is 18.8. The largest absolute Gasteiger partial charge is 0.497 e. The van der Waals surface area contributed by atoms with Gasteiger partial charge in [0.2, 0.25) is 5.91 Å². The minimum atomic E-state index is -0.696. The first kappa shape index (κ1) is 19.0. The van der Waals surface area contributed by atoms with Crippen LogP contribution in [0.4, 0.5) is 5.69 Å². The molecule has 2 aliphatic carbocycles. The van der Waals surface area contributed by atoms with E-state index in [2.05, 4.69) is 10.6 Å². The van der Waals surface area contributed by atoms with E-state index in [0.717, 1.165) is 43.5 Å². The number of anilines is 1. The van der Waals surface area contributed by atoms with Crippen molar-refractivity contribution in [3.63, 3.8) is 0 Å². The summed E-state index contributed by atoms with van der Waals surface area (Å²) in [5.74, 6) is 1.99. The van der Waals surface area contributed by atoms with Crippen LogP contribution in [0.5, 0.6) is 5.75 Å². The first-order valence-corrected chi connectivity index (χ1v) is 9.73. The third-order valence-electron chi connectivity index (χ3n) is 5.97. The van der Waals surface area contributed by atoms with Crippen LogP contribution in [-0.4, -0.2) is 35.8 Å². The molecule has 0 spiro atoms. The maximum absolute atomic E-state index is 12.6. The van der Waals surface area contributed by atoms with Gasteiger partial charge in [0.1, 0.15) is 11.3 Å². The summed E-state index contributed by atoms with van der Waals surface area (Å²) in [4.78, 5) is 12.6. The molecule has 3 atom stereocenters. The van der Waals surface area contributed by atoms with Crippen LogP contribution in [0.2, 0.25) is 0 Å². The molecule has 2 aliphatic rings. The fourth-order valence-corrected chi connectivity index (χ4v) is 4.62. The number of fused-ring (bicyclic) bond motifs is 2. The smallest absolute Gasteiger partial charge is 0.245 e. The first-order chi connectivity index (χ1) is 12.3. The molecule has 3 rings (SSSR count). The number of hydrogen-bond acceptors (Lipinski definition) is 4. The van der Waals surface area contributed by atoms with Crippen LogP contribution in [0.25, 0.3) is 0 Å². The van der Waals surface area contributed by atoms with Gasteiger partial charge in [0.05, 0.1) is 12.7 Å². The van der Waals surface area contributed by atoms with Gasteiger partial charge in [0.15, 0.2) is 0 Å². The lowest BCUT2D eigenvalue weighted by Gasteiger charge is -2.34. The highest BCUT2D eigenvalue weighted by molar-refractivity contribution is 5.88. The summed E-state index contributed by atoms with van der Waals surface area (Å²) in [7, 11) is 1.64. The van der Waals surface area contributed by atoms with Gasteiger partial charge in [-0.25, -0.2) is 0 Å². The van der Waals surface area contributed by atoms with Gasteiger partial charge in [-0.05, 0) is 88.5 Å². The van der Waals surface area contributed by atoms with Gasteiger partial charge in [0.25, 0.3) is 0 Å².